The number of hydrogen-bond acceptors (Lipinski definition) is 13. The van der Waals surface area contributed by atoms with Crippen molar-refractivity contribution in [2.24, 2.45) is 4.99 Å². The zero-order valence-corrected chi connectivity index (χ0v) is 39.1. The number of unbranched alkanes of at least 4 members (excludes halogenated alkanes) is 1. The van der Waals surface area contributed by atoms with E-state index in [2.05, 4.69) is 45.3 Å². The fourth-order valence-electron chi connectivity index (χ4n) is 7.91. The van der Waals surface area contributed by atoms with E-state index >= 15 is 0 Å². The Hall–Kier alpha value is -5.08. The Bertz CT molecular complexity index is 2390. The van der Waals surface area contributed by atoms with Crippen LogP contribution in [0.3, 0.4) is 0 Å². The highest BCUT2D eigenvalue weighted by atomic mass is 35.5. The summed E-state index contributed by atoms with van der Waals surface area (Å²) in [6, 6.07) is 11.5. The standard InChI is InChI=1S/C45H54ClN9O8S.ClH/c1-27-28(2)64-45-40(27)41(30-10-12-31(46)13-11-30)50-35(42-53-52-29(3)55(42)45)25-39(58)48-18-20-62-22-24-63-23-21-61-19-17-47-16-5-4-9-37(56)49-34-8-6-7-32-33(34)26-54(44(32)60)36-14-15-38(57)51-43(36)59;/h6-8,10-13,35-36,47H,4-5,9,14-26H2,1-3H3,(H,48,58)(H,49,56)(H,51,57,59);1H/t35-,36?;/m0./s1. The molecular formula is C45H55Cl2N9O8S. The van der Waals surface area contributed by atoms with Crippen LogP contribution in [0.15, 0.2) is 47.5 Å². The Morgan fingerprint density at radius 2 is 1.62 bits per heavy atom. The number of aromatic nitrogens is 3. The second kappa shape index (κ2) is 23.4. The number of anilines is 1. The van der Waals surface area contributed by atoms with Crippen molar-refractivity contribution < 1.29 is 38.2 Å². The molecule has 65 heavy (non-hydrogen) atoms. The molecule has 0 saturated carbocycles. The van der Waals surface area contributed by atoms with Crippen molar-refractivity contribution in [1.82, 2.24) is 35.6 Å². The fourth-order valence-corrected chi connectivity index (χ4v) is 9.25. The van der Waals surface area contributed by atoms with Gasteiger partial charge in [-0.15, -0.1) is 33.9 Å². The van der Waals surface area contributed by atoms with Gasteiger partial charge < -0.3 is 35.1 Å². The SMILES string of the molecule is Cc1sc2c(c1C)C(c1ccc(Cl)cc1)=N[C@@H](CC(=O)NCCOCCOCCOCCNCCCCC(=O)Nc1cccc3c1CN(C1CCC(=O)NC1=O)C3=O)c1nnc(C)n1-2.Cl. The second-order valence-electron chi connectivity index (χ2n) is 15.8. The number of nitrogens with one attached hydrogen (secondary N) is 4. The van der Waals surface area contributed by atoms with Crippen molar-refractivity contribution in [1.29, 1.82) is 0 Å². The summed E-state index contributed by atoms with van der Waals surface area (Å²) in [4.78, 5) is 70.7. The van der Waals surface area contributed by atoms with E-state index in [0.717, 1.165) is 46.2 Å². The minimum absolute atomic E-state index is 0. The molecule has 7 rings (SSSR count). The third-order valence-electron chi connectivity index (χ3n) is 11.3. The zero-order valence-electron chi connectivity index (χ0n) is 36.7. The van der Waals surface area contributed by atoms with Crippen LogP contribution in [0.25, 0.3) is 5.00 Å². The van der Waals surface area contributed by atoms with Crippen molar-refractivity contribution in [3.8, 4) is 5.00 Å². The highest BCUT2D eigenvalue weighted by Gasteiger charge is 2.40. The second-order valence-corrected chi connectivity index (χ2v) is 17.4. The van der Waals surface area contributed by atoms with E-state index in [0.29, 0.717) is 93.2 Å². The Labute approximate surface area is 392 Å². The largest absolute Gasteiger partial charge is 0.378 e. The molecule has 17 nitrogen and oxygen atoms in total. The molecule has 5 amide bonds. The predicted molar refractivity (Wildman–Crippen MR) is 248 cm³/mol. The number of hydrogen-bond donors (Lipinski definition) is 4. The summed E-state index contributed by atoms with van der Waals surface area (Å²) in [5.74, 6) is -0.0362. The molecular weight excluding hydrogens is 898 g/mol. The van der Waals surface area contributed by atoms with Crippen LogP contribution in [0.2, 0.25) is 5.02 Å². The maximum atomic E-state index is 13.2. The molecule has 2 aromatic heterocycles. The first kappa shape index (κ1) is 49.4. The average Bonchev–Trinajstić information content (AvgIpc) is 3.89. The number of aliphatic imine (C=N–C) groups is 1. The molecule has 20 heteroatoms. The third-order valence-corrected chi connectivity index (χ3v) is 12.8. The molecule has 0 spiro atoms. The van der Waals surface area contributed by atoms with Gasteiger partial charge in [0.2, 0.25) is 23.6 Å². The first-order valence-electron chi connectivity index (χ1n) is 21.6. The van der Waals surface area contributed by atoms with Gasteiger partial charge in [0.1, 0.15) is 22.9 Å². The number of benzene rings is 2. The molecule has 4 aromatic rings. The van der Waals surface area contributed by atoms with Crippen LogP contribution in [0.1, 0.15) is 93.7 Å². The lowest BCUT2D eigenvalue weighted by Gasteiger charge is -2.29. The number of amides is 5. The Kier molecular flexibility index (Phi) is 17.8. The lowest BCUT2D eigenvalue weighted by atomic mass is 9.99. The van der Waals surface area contributed by atoms with Gasteiger partial charge in [0.05, 0.1) is 51.8 Å². The van der Waals surface area contributed by atoms with E-state index in [-0.39, 0.29) is 61.8 Å². The fraction of sp³-hybridized carbons (Fsp3) is 0.467. The number of ether oxygens (including phenoxy) is 3. The summed E-state index contributed by atoms with van der Waals surface area (Å²) >= 11 is 7.88. The summed E-state index contributed by atoms with van der Waals surface area (Å²) in [5.41, 5.74) is 5.56. The molecule has 3 aliphatic heterocycles. The normalized spacial score (nSPS) is 16.5. The number of aryl methyl sites for hydroxylation is 2. The number of carbonyl (C=O) groups excluding carboxylic acids is 5. The number of thiophene rings is 1. The average molecular weight is 953 g/mol. The van der Waals surface area contributed by atoms with Gasteiger partial charge in [0.25, 0.3) is 5.91 Å². The topological polar surface area (TPSA) is 207 Å². The van der Waals surface area contributed by atoms with E-state index in [1.54, 1.807) is 29.5 Å². The molecule has 5 heterocycles. The number of halogens is 2. The summed E-state index contributed by atoms with van der Waals surface area (Å²) < 4.78 is 19.0. The monoisotopic (exact) mass is 951 g/mol. The molecule has 1 fully saturated rings. The summed E-state index contributed by atoms with van der Waals surface area (Å²) in [6.45, 7) is 10.5. The van der Waals surface area contributed by atoms with Crippen LogP contribution in [-0.4, -0.2) is 120 Å². The maximum Gasteiger partial charge on any atom is 0.255 e. The van der Waals surface area contributed by atoms with Gasteiger partial charge in [0.15, 0.2) is 5.82 Å². The molecule has 0 aliphatic carbocycles. The lowest BCUT2D eigenvalue weighted by molar-refractivity contribution is -0.137. The molecule has 0 bridgehead atoms. The van der Waals surface area contributed by atoms with Crippen LogP contribution in [0, 0.1) is 20.8 Å². The van der Waals surface area contributed by atoms with Crippen LogP contribution >= 0.6 is 35.3 Å². The minimum atomic E-state index is -0.710. The number of imide groups is 1. The quantitative estimate of drug-likeness (QED) is 0.0614. The van der Waals surface area contributed by atoms with E-state index in [9.17, 15) is 24.0 Å². The van der Waals surface area contributed by atoms with E-state index in [1.807, 2.05) is 35.8 Å². The minimum Gasteiger partial charge on any atom is -0.378 e. The smallest absolute Gasteiger partial charge is 0.255 e. The molecule has 348 valence electrons. The van der Waals surface area contributed by atoms with Gasteiger partial charge in [-0.2, -0.15) is 0 Å². The first-order chi connectivity index (χ1) is 31.0. The summed E-state index contributed by atoms with van der Waals surface area (Å²) in [6.07, 6.45) is 2.37. The number of nitrogens with zero attached hydrogens (tertiary/aromatic N) is 5. The molecule has 4 N–H and O–H groups in total. The van der Waals surface area contributed by atoms with Gasteiger partial charge >= 0.3 is 0 Å². The van der Waals surface area contributed by atoms with Crippen molar-refractivity contribution in [3.05, 3.63) is 91.8 Å². The van der Waals surface area contributed by atoms with E-state index < -0.39 is 18.0 Å². The predicted octanol–water partition coefficient (Wildman–Crippen LogP) is 4.94. The number of piperidine rings is 1. The molecule has 2 aromatic carbocycles. The number of carbonyl (C=O) groups is 5. The van der Waals surface area contributed by atoms with Crippen LogP contribution < -0.4 is 21.3 Å². The molecule has 3 aliphatic rings. The van der Waals surface area contributed by atoms with Gasteiger partial charge in [-0.05, 0) is 76.4 Å². The van der Waals surface area contributed by atoms with Crippen molar-refractivity contribution in [3.63, 3.8) is 0 Å². The van der Waals surface area contributed by atoms with Crippen LogP contribution in [-0.2, 0) is 39.9 Å². The molecule has 1 unspecified atom stereocenters. The zero-order chi connectivity index (χ0) is 45.2. The van der Waals surface area contributed by atoms with Crippen LogP contribution in [0.4, 0.5) is 5.69 Å². The van der Waals surface area contributed by atoms with E-state index in [4.69, 9.17) is 30.8 Å². The maximum absolute atomic E-state index is 13.2. The Morgan fingerprint density at radius 3 is 2.35 bits per heavy atom. The van der Waals surface area contributed by atoms with Gasteiger partial charge in [-0.1, -0.05) is 29.8 Å². The van der Waals surface area contributed by atoms with Crippen LogP contribution in [0.5, 0.6) is 0 Å². The van der Waals surface area contributed by atoms with E-state index in [1.165, 1.54) is 9.78 Å². The Balaban J connectivity index is 0.00000700. The van der Waals surface area contributed by atoms with Crippen molar-refractivity contribution >= 4 is 76.3 Å². The van der Waals surface area contributed by atoms with Gasteiger partial charge in [-0.25, -0.2) is 0 Å². The third kappa shape index (κ3) is 12.2. The highest BCUT2D eigenvalue weighted by Crippen LogP contribution is 2.40. The van der Waals surface area contributed by atoms with Gasteiger partial charge in [0, 0.05) is 70.3 Å². The van der Waals surface area contributed by atoms with Gasteiger partial charge in [-0.3, -0.25) is 38.8 Å². The lowest BCUT2D eigenvalue weighted by Crippen LogP contribution is -2.52. The van der Waals surface area contributed by atoms with Crippen molar-refractivity contribution in [2.75, 3.05) is 64.6 Å². The molecule has 1 saturated heterocycles. The summed E-state index contributed by atoms with van der Waals surface area (Å²) in [5, 5.41) is 22.0. The van der Waals surface area contributed by atoms with Crippen molar-refractivity contribution in [2.45, 2.75) is 77.9 Å². The first-order valence-corrected chi connectivity index (χ1v) is 22.8. The molecule has 0 radical (unpaired) electrons. The molecule has 2 atom stereocenters. The number of fused-ring (bicyclic) bond motifs is 4. The number of rotatable bonds is 22. The Morgan fingerprint density at radius 1 is 0.892 bits per heavy atom. The summed E-state index contributed by atoms with van der Waals surface area (Å²) in [7, 11) is 0. The highest BCUT2D eigenvalue weighted by molar-refractivity contribution is 7.15.